The van der Waals surface area contributed by atoms with E-state index in [1.54, 1.807) is 29.4 Å². The fraction of sp³-hybridized carbons (Fsp3) is 0.514. The van der Waals surface area contributed by atoms with Crippen LogP contribution in [0.15, 0.2) is 64.8 Å². The highest BCUT2D eigenvalue weighted by atomic mass is 32.1. The number of hydrogen-bond acceptors (Lipinski definition) is 7. The number of benzene rings is 2. The Balaban J connectivity index is 1.03. The van der Waals surface area contributed by atoms with Gasteiger partial charge in [-0.25, -0.2) is 4.79 Å². The molecule has 1 aliphatic heterocycles. The number of nitrogens with zero attached hydrogens (tertiary/aromatic N) is 4. The smallest absolute Gasteiger partial charge is 0.411 e. The largest absolute Gasteiger partial charge is 0.494 e. The zero-order valence-electron chi connectivity index (χ0n) is 27.6. The Bertz CT molecular complexity index is 1590. The highest BCUT2D eigenvalue weighted by Gasteiger charge is 2.18. The van der Waals surface area contributed by atoms with Gasteiger partial charge < -0.3 is 19.3 Å². The van der Waals surface area contributed by atoms with Gasteiger partial charge >= 0.3 is 6.09 Å². The van der Waals surface area contributed by atoms with Crippen molar-refractivity contribution in [1.82, 2.24) is 14.4 Å². The highest BCUT2D eigenvalue weighted by Crippen LogP contribution is 2.31. The number of carbonyl (C=O) groups excluding carboxylic acids is 1. The van der Waals surface area contributed by atoms with Gasteiger partial charge in [0.25, 0.3) is 5.56 Å². The molecule has 8 nitrogen and oxygen atoms in total. The molecule has 0 saturated carbocycles. The lowest BCUT2D eigenvalue weighted by Gasteiger charge is -2.36. The predicted octanol–water partition coefficient (Wildman–Crippen LogP) is 7.97. The van der Waals surface area contributed by atoms with Crippen LogP contribution in [0.2, 0.25) is 0 Å². The summed E-state index contributed by atoms with van der Waals surface area (Å²) in [6, 6.07) is 17.9. The molecule has 0 N–H and O–H groups in total. The Labute approximate surface area is 277 Å². The summed E-state index contributed by atoms with van der Waals surface area (Å²) in [5.74, 6) is 0.713. The van der Waals surface area contributed by atoms with E-state index in [4.69, 9.17) is 9.47 Å². The molecule has 0 aliphatic carbocycles. The maximum Gasteiger partial charge on any atom is 0.411 e. The number of thiophene rings is 1. The van der Waals surface area contributed by atoms with Crippen LogP contribution in [-0.2, 0) is 11.5 Å². The molecule has 46 heavy (non-hydrogen) atoms. The number of carbonyl (C=O) groups is 1. The van der Waals surface area contributed by atoms with Crippen LogP contribution in [-0.4, -0.2) is 73.4 Å². The molecule has 1 saturated heterocycles. The topological polar surface area (TPSA) is 67.2 Å². The second-order valence-electron chi connectivity index (χ2n) is 12.4. The third kappa shape index (κ3) is 9.26. The third-order valence-electron chi connectivity index (χ3n) is 9.01. The van der Waals surface area contributed by atoms with Gasteiger partial charge in [-0.2, -0.15) is 0 Å². The summed E-state index contributed by atoms with van der Waals surface area (Å²) in [4.78, 5) is 32.0. The van der Waals surface area contributed by atoms with E-state index in [0.29, 0.717) is 24.4 Å². The maximum atomic E-state index is 12.8. The van der Waals surface area contributed by atoms with Crippen LogP contribution in [0.3, 0.4) is 0 Å². The number of piperazine rings is 1. The summed E-state index contributed by atoms with van der Waals surface area (Å²) in [5, 5.41) is 4.44. The number of pyridine rings is 1. The van der Waals surface area contributed by atoms with Crippen molar-refractivity contribution in [2.24, 2.45) is 0 Å². The number of ether oxygens (including phenoxy) is 2. The second-order valence-corrected chi connectivity index (χ2v) is 13.3. The lowest BCUT2D eigenvalue weighted by Crippen LogP contribution is -2.46. The lowest BCUT2D eigenvalue weighted by atomic mass is 10.1. The molecule has 1 fully saturated rings. The number of rotatable bonds is 17. The summed E-state index contributed by atoms with van der Waals surface area (Å²) in [5.41, 5.74) is 1.85. The summed E-state index contributed by atoms with van der Waals surface area (Å²) in [6.07, 6.45) is 9.95. The first-order valence-corrected chi connectivity index (χ1v) is 18.0. The van der Waals surface area contributed by atoms with E-state index in [-0.39, 0.29) is 12.3 Å². The quantitative estimate of drug-likeness (QED) is 0.108. The van der Waals surface area contributed by atoms with Crippen molar-refractivity contribution in [2.75, 3.05) is 57.8 Å². The Hall–Kier alpha value is -3.56. The van der Waals surface area contributed by atoms with Gasteiger partial charge in [0, 0.05) is 67.7 Å². The van der Waals surface area contributed by atoms with E-state index >= 15 is 0 Å². The molecule has 0 radical (unpaired) electrons. The fourth-order valence-electron chi connectivity index (χ4n) is 6.21. The first-order valence-electron chi connectivity index (χ1n) is 17.1. The molecule has 0 unspecified atom stereocenters. The second kappa shape index (κ2) is 17.4. The summed E-state index contributed by atoms with van der Waals surface area (Å²) < 4.78 is 14.5. The van der Waals surface area contributed by atoms with E-state index in [9.17, 15) is 9.59 Å². The molecule has 1 amide bonds. The van der Waals surface area contributed by atoms with E-state index in [1.165, 1.54) is 58.5 Å². The van der Waals surface area contributed by atoms with E-state index in [2.05, 4.69) is 46.4 Å². The zero-order chi connectivity index (χ0) is 32.1. The number of hydrogen-bond donors (Lipinski definition) is 0. The fourth-order valence-corrected chi connectivity index (χ4v) is 7.02. The van der Waals surface area contributed by atoms with Crippen molar-refractivity contribution in [2.45, 2.75) is 71.4 Å². The minimum Gasteiger partial charge on any atom is -0.494 e. The van der Waals surface area contributed by atoms with Crippen molar-refractivity contribution < 1.29 is 14.3 Å². The third-order valence-corrected chi connectivity index (χ3v) is 9.90. The molecule has 0 spiro atoms. The molecule has 0 bridgehead atoms. The number of anilines is 1. The number of aromatic nitrogens is 1. The van der Waals surface area contributed by atoms with E-state index < -0.39 is 6.09 Å². The van der Waals surface area contributed by atoms with Gasteiger partial charge in [0.2, 0.25) is 0 Å². The van der Waals surface area contributed by atoms with Crippen molar-refractivity contribution >= 4 is 44.1 Å². The maximum absolute atomic E-state index is 12.8. The first-order chi connectivity index (χ1) is 22.5. The Kier molecular flexibility index (Phi) is 12.8. The normalized spacial score (nSPS) is 13.8. The molecule has 2 aromatic heterocycles. The van der Waals surface area contributed by atoms with Crippen molar-refractivity contribution in [1.29, 1.82) is 0 Å². The average Bonchev–Trinajstić information content (AvgIpc) is 3.57. The summed E-state index contributed by atoms with van der Waals surface area (Å²) in [6.45, 7) is 8.67. The SMILES string of the molecule is CCCCCCCCCN(C)C(=O)OCn1c(=O)ccc2ccc(OCCCCN3CCN(c4cccc5sccc45)CC3)cc21. The van der Waals surface area contributed by atoms with Crippen LogP contribution in [0.5, 0.6) is 5.75 Å². The van der Waals surface area contributed by atoms with Crippen LogP contribution in [0.4, 0.5) is 10.5 Å². The number of unbranched alkanes of at least 4 members (excludes halogenated alkanes) is 7. The van der Waals surface area contributed by atoms with Crippen LogP contribution in [0, 0.1) is 0 Å². The van der Waals surface area contributed by atoms with Gasteiger partial charge in [0.15, 0.2) is 6.73 Å². The van der Waals surface area contributed by atoms with Crippen molar-refractivity contribution in [3.63, 3.8) is 0 Å². The van der Waals surface area contributed by atoms with Crippen LogP contribution < -0.4 is 15.2 Å². The highest BCUT2D eigenvalue weighted by molar-refractivity contribution is 7.17. The summed E-state index contributed by atoms with van der Waals surface area (Å²) >= 11 is 1.81. The zero-order valence-corrected chi connectivity index (χ0v) is 28.4. The Morgan fingerprint density at radius 3 is 2.50 bits per heavy atom. The minimum absolute atomic E-state index is 0.129. The molecule has 2 aromatic carbocycles. The molecule has 9 heteroatoms. The molecular weight excluding hydrogens is 596 g/mol. The van der Waals surface area contributed by atoms with E-state index in [1.807, 2.05) is 18.2 Å². The van der Waals surface area contributed by atoms with Gasteiger partial charge in [0.05, 0.1) is 12.1 Å². The van der Waals surface area contributed by atoms with Gasteiger partial charge in [-0.1, -0.05) is 51.5 Å². The van der Waals surface area contributed by atoms with Gasteiger partial charge in [-0.15, -0.1) is 11.3 Å². The van der Waals surface area contributed by atoms with Crippen molar-refractivity contribution in [3.05, 3.63) is 70.3 Å². The minimum atomic E-state index is -0.413. The number of amides is 1. The van der Waals surface area contributed by atoms with Crippen LogP contribution in [0.25, 0.3) is 21.0 Å². The summed E-state index contributed by atoms with van der Waals surface area (Å²) in [7, 11) is 1.75. The van der Waals surface area contributed by atoms with Crippen LogP contribution >= 0.6 is 11.3 Å². The molecule has 1 aliphatic rings. The lowest BCUT2D eigenvalue weighted by molar-refractivity contribution is 0.0827. The first kappa shape index (κ1) is 33.8. The van der Waals surface area contributed by atoms with E-state index in [0.717, 1.165) is 63.8 Å². The molecule has 4 aromatic rings. The van der Waals surface area contributed by atoms with Crippen LogP contribution in [0.1, 0.15) is 64.7 Å². The Morgan fingerprint density at radius 2 is 1.67 bits per heavy atom. The molecule has 248 valence electrons. The molecule has 0 atom stereocenters. The number of fused-ring (bicyclic) bond motifs is 2. The Morgan fingerprint density at radius 1 is 0.891 bits per heavy atom. The molecule has 3 heterocycles. The van der Waals surface area contributed by atoms with Gasteiger partial charge in [-0.3, -0.25) is 14.3 Å². The van der Waals surface area contributed by atoms with Gasteiger partial charge in [0.1, 0.15) is 5.75 Å². The average molecular weight is 647 g/mol. The predicted molar refractivity (Wildman–Crippen MR) is 191 cm³/mol. The monoisotopic (exact) mass is 646 g/mol. The molecular formula is C37H50N4O4S. The standard InChI is InChI=1S/C37H50N4O4S/c1-3-4-5-6-7-8-9-20-38(2)37(43)45-29-41-34-28-31(17-15-30(34)16-18-36(41)42)44-26-11-10-21-39-22-24-40(25-23-39)33-13-12-14-35-32(33)19-27-46-35/h12-19,27-28H,3-11,20-26,29H2,1-2H3. The molecule has 5 rings (SSSR count). The van der Waals surface area contributed by atoms with Gasteiger partial charge in [-0.05, 0) is 73.0 Å². The van der Waals surface area contributed by atoms with Crippen molar-refractivity contribution in [3.8, 4) is 5.75 Å².